The van der Waals surface area contributed by atoms with Crippen LogP contribution in [0.2, 0.25) is 0 Å². The Morgan fingerprint density at radius 1 is 1.40 bits per heavy atom. The van der Waals surface area contributed by atoms with E-state index in [9.17, 15) is 0 Å². The first-order valence-electron chi connectivity index (χ1n) is 5.33. The van der Waals surface area contributed by atoms with Crippen LogP contribution in [0.4, 0.5) is 0 Å². The van der Waals surface area contributed by atoms with E-state index in [0.717, 1.165) is 17.7 Å². The Morgan fingerprint density at radius 2 is 2.07 bits per heavy atom. The normalized spacial score (nSPS) is 14.7. The molecule has 0 saturated heterocycles. The largest absolute Gasteiger partial charge is 0.496 e. The fourth-order valence-corrected chi connectivity index (χ4v) is 1.72. The summed E-state index contributed by atoms with van der Waals surface area (Å²) in [5.41, 5.74) is 3.99. The van der Waals surface area contributed by atoms with Gasteiger partial charge in [-0.05, 0) is 12.0 Å². The van der Waals surface area contributed by atoms with Gasteiger partial charge in [-0.3, -0.25) is 11.3 Å². The number of nitrogens with two attached hydrogens (primary N) is 1. The van der Waals surface area contributed by atoms with E-state index < -0.39 is 0 Å². The molecule has 2 atom stereocenters. The van der Waals surface area contributed by atoms with Crippen molar-refractivity contribution in [2.24, 2.45) is 11.8 Å². The van der Waals surface area contributed by atoms with E-state index in [4.69, 9.17) is 10.6 Å². The third-order valence-electron chi connectivity index (χ3n) is 2.87. The van der Waals surface area contributed by atoms with Crippen LogP contribution in [0, 0.1) is 5.92 Å². The summed E-state index contributed by atoms with van der Waals surface area (Å²) in [4.78, 5) is 0. The zero-order chi connectivity index (χ0) is 11.3. The standard InChI is InChI=1S/C12H20N2O/c1-4-9(2)12(14-13)10-7-5-6-8-11(10)15-3/h5-9,12,14H,4,13H2,1-3H3. The summed E-state index contributed by atoms with van der Waals surface area (Å²) in [6.07, 6.45) is 1.08. The third kappa shape index (κ3) is 2.70. The van der Waals surface area contributed by atoms with E-state index in [-0.39, 0.29) is 6.04 Å². The number of hydrazine groups is 1. The molecule has 0 heterocycles. The van der Waals surface area contributed by atoms with E-state index in [1.807, 2.05) is 18.2 Å². The van der Waals surface area contributed by atoms with Crippen LogP contribution >= 0.6 is 0 Å². The molecule has 0 bridgehead atoms. The number of nitrogens with one attached hydrogen (secondary N) is 1. The highest BCUT2D eigenvalue weighted by atomic mass is 16.5. The first kappa shape index (κ1) is 12.0. The minimum Gasteiger partial charge on any atom is -0.496 e. The zero-order valence-electron chi connectivity index (χ0n) is 9.66. The van der Waals surface area contributed by atoms with Crippen LogP contribution in [-0.4, -0.2) is 7.11 Å². The maximum atomic E-state index is 5.60. The van der Waals surface area contributed by atoms with Crippen LogP contribution in [0.25, 0.3) is 0 Å². The Labute approximate surface area is 91.6 Å². The molecule has 2 unspecified atom stereocenters. The highest BCUT2D eigenvalue weighted by molar-refractivity contribution is 5.36. The number of para-hydroxylation sites is 1. The molecule has 0 radical (unpaired) electrons. The van der Waals surface area contributed by atoms with Gasteiger partial charge in [0.2, 0.25) is 0 Å². The molecule has 15 heavy (non-hydrogen) atoms. The van der Waals surface area contributed by atoms with Crippen molar-refractivity contribution < 1.29 is 4.74 Å². The second kappa shape index (κ2) is 5.73. The lowest BCUT2D eigenvalue weighted by atomic mass is 9.92. The number of hydrogen-bond donors (Lipinski definition) is 2. The molecule has 1 aromatic carbocycles. The number of hydrogen-bond acceptors (Lipinski definition) is 3. The van der Waals surface area contributed by atoms with Gasteiger partial charge in [-0.1, -0.05) is 38.5 Å². The number of rotatable bonds is 5. The number of methoxy groups -OCH3 is 1. The molecule has 0 aliphatic carbocycles. The van der Waals surface area contributed by atoms with Crippen LogP contribution in [0.5, 0.6) is 5.75 Å². The summed E-state index contributed by atoms with van der Waals surface area (Å²) in [6.45, 7) is 4.33. The molecule has 0 aliphatic heterocycles. The van der Waals surface area contributed by atoms with Crippen molar-refractivity contribution >= 4 is 0 Å². The highest BCUT2D eigenvalue weighted by Gasteiger charge is 2.19. The number of benzene rings is 1. The van der Waals surface area contributed by atoms with Crippen molar-refractivity contribution in [1.82, 2.24) is 5.43 Å². The van der Waals surface area contributed by atoms with Crippen molar-refractivity contribution in [3.63, 3.8) is 0 Å². The van der Waals surface area contributed by atoms with Crippen molar-refractivity contribution in [3.8, 4) is 5.75 Å². The van der Waals surface area contributed by atoms with Crippen molar-refractivity contribution in [3.05, 3.63) is 29.8 Å². The van der Waals surface area contributed by atoms with Crippen molar-refractivity contribution in [1.29, 1.82) is 0 Å². The average Bonchev–Trinajstić information content (AvgIpc) is 2.30. The van der Waals surface area contributed by atoms with Crippen LogP contribution < -0.4 is 16.0 Å². The molecule has 3 N–H and O–H groups in total. The fourth-order valence-electron chi connectivity index (χ4n) is 1.72. The van der Waals surface area contributed by atoms with Crippen molar-refractivity contribution in [2.75, 3.05) is 7.11 Å². The summed E-state index contributed by atoms with van der Waals surface area (Å²) in [5, 5.41) is 0. The quantitative estimate of drug-likeness (QED) is 0.576. The molecule has 1 rings (SSSR count). The molecule has 3 heteroatoms. The van der Waals surface area contributed by atoms with Crippen LogP contribution in [0.15, 0.2) is 24.3 Å². The molecular weight excluding hydrogens is 188 g/mol. The SMILES string of the molecule is CCC(C)C(NN)c1ccccc1OC. The molecule has 1 aromatic rings. The predicted octanol–water partition coefficient (Wildman–Crippen LogP) is 2.25. The average molecular weight is 208 g/mol. The molecular formula is C12H20N2O. The maximum Gasteiger partial charge on any atom is 0.123 e. The fraction of sp³-hybridized carbons (Fsp3) is 0.500. The molecule has 0 saturated carbocycles. The van der Waals surface area contributed by atoms with Gasteiger partial charge >= 0.3 is 0 Å². The van der Waals surface area contributed by atoms with E-state index in [2.05, 4.69) is 25.3 Å². The summed E-state index contributed by atoms with van der Waals surface area (Å²) >= 11 is 0. The second-order valence-corrected chi connectivity index (χ2v) is 3.77. The molecule has 0 fully saturated rings. The second-order valence-electron chi connectivity index (χ2n) is 3.77. The molecule has 0 spiro atoms. The van der Waals surface area contributed by atoms with Gasteiger partial charge in [0.15, 0.2) is 0 Å². The first-order valence-corrected chi connectivity index (χ1v) is 5.33. The monoisotopic (exact) mass is 208 g/mol. The Morgan fingerprint density at radius 3 is 2.60 bits per heavy atom. The first-order chi connectivity index (χ1) is 7.24. The molecule has 3 nitrogen and oxygen atoms in total. The Bertz CT molecular complexity index is 301. The van der Waals surface area contributed by atoms with E-state index in [0.29, 0.717) is 5.92 Å². The predicted molar refractivity (Wildman–Crippen MR) is 62.5 cm³/mol. The summed E-state index contributed by atoms with van der Waals surface area (Å²) in [7, 11) is 1.68. The maximum absolute atomic E-state index is 5.60. The van der Waals surface area contributed by atoms with Gasteiger partial charge in [0.1, 0.15) is 5.75 Å². The minimum atomic E-state index is 0.145. The van der Waals surface area contributed by atoms with Gasteiger partial charge in [-0.2, -0.15) is 0 Å². The van der Waals surface area contributed by atoms with Gasteiger partial charge in [0.25, 0.3) is 0 Å². The minimum absolute atomic E-state index is 0.145. The smallest absolute Gasteiger partial charge is 0.123 e. The lowest BCUT2D eigenvalue weighted by molar-refractivity contribution is 0.354. The molecule has 0 amide bonds. The van der Waals surface area contributed by atoms with Gasteiger partial charge in [0.05, 0.1) is 13.2 Å². The topological polar surface area (TPSA) is 47.3 Å². The number of ether oxygens (including phenoxy) is 1. The van der Waals surface area contributed by atoms with Crippen LogP contribution in [0.3, 0.4) is 0 Å². The summed E-state index contributed by atoms with van der Waals surface area (Å²) in [5.74, 6) is 6.97. The highest BCUT2D eigenvalue weighted by Crippen LogP contribution is 2.30. The van der Waals surface area contributed by atoms with Crippen LogP contribution in [0.1, 0.15) is 31.9 Å². The Hall–Kier alpha value is -1.06. The van der Waals surface area contributed by atoms with Gasteiger partial charge in [-0.15, -0.1) is 0 Å². The van der Waals surface area contributed by atoms with E-state index in [1.165, 1.54) is 0 Å². The molecule has 0 aliphatic rings. The van der Waals surface area contributed by atoms with Gasteiger partial charge in [0, 0.05) is 5.56 Å². The summed E-state index contributed by atoms with van der Waals surface area (Å²) < 4.78 is 5.33. The Kier molecular flexibility index (Phi) is 4.59. The lowest BCUT2D eigenvalue weighted by Crippen LogP contribution is -2.32. The molecule has 0 aromatic heterocycles. The summed E-state index contributed by atoms with van der Waals surface area (Å²) in [6, 6.07) is 8.13. The zero-order valence-corrected chi connectivity index (χ0v) is 9.66. The van der Waals surface area contributed by atoms with Crippen LogP contribution in [-0.2, 0) is 0 Å². The molecule has 84 valence electrons. The van der Waals surface area contributed by atoms with E-state index in [1.54, 1.807) is 7.11 Å². The van der Waals surface area contributed by atoms with Crippen molar-refractivity contribution in [2.45, 2.75) is 26.3 Å². The van der Waals surface area contributed by atoms with Gasteiger partial charge < -0.3 is 4.74 Å². The van der Waals surface area contributed by atoms with E-state index >= 15 is 0 Å². The van der Waals surface area contributed by atoms with Gasteiger partial charge in [-0.25, -0.2) is 0 Å². The Balaban J connectivity index is 3.00. The lowest BCUT2D eigenvalue weighted by Gasteiger charge is -2.24. The third-order valence-corrected chi connectivity index (χ3v) is 2.87.